The van der Waals surface area contributed by atoms with Crippen molar-refractivity contribution in [2.45, 2.75) is 70.4 Å². The number of fused-ring (bicyclic) bond motifs is 4. The number of halogens is 3. The predicted molar refractivity (Wildman–Crippen MR) is 201 cm³/mol. The Kier molecular flexibility index (Phi) is 10.6. The van der Waals surface area contributed by atoms with Crippen LogP contribution in [0.1, 0.15) is 67.9 Å². The minimum Gasteiger partial charge on any atom is -0.506 e. The summed E-state index contributed by atoms with van der Waals surface area (Å²) >= 11 is 12.8. The predicted octanol–water partition coefficient (Wildman–Crippen LogP) is 8.83. The molecule has 1 atom stereocenters. The number of likely N-dealkylation sites (tertiary alicyclic amines) is 1. The molecule has 270 valence electrons. The summed E-state index contributed by atoms with van der Waals surface area (Å²) in [5.74, 6) is 1.66. The zero-order valence-electron chi connectivity index (χ0n) is 29.2. The zero-order valence-corrected chi connectivity index (χ0v) is 30.7. The summed E-state index contributed by atoms with van der Waals surface area (Å²) in [6, 6.07) is 15.3. The van der Waals surface area contributed by atoms with Gasteiger partial charge in [0.1, 0.15) is 11.3 Å². The van der Waals surface area contributed by atoms with Crippen molar-refractivity contribution >= 4 is 50.9 Å². The molecule has 6 heterocycles. The number of aromatic hydroxyl groups is 1. The number of carbonyl (C=O) groups excluding carboxylic acids is 1. The molecule has 1 amide bonds. The SMILES string of the molecule is C1NC2CC1C2.COc1ccc(O)cn1.Cc1nc2c(F)c(-c3cccc(Cl)c3Cl)c(CCC#N)cc2c2[nH]c(C3CCCN3C(=O)C3CC3)cc12. The molecule has 0 radical (unpaired) electrons. The van der Waals surface area contributed by atoms with Crippen molar-refractivity contribution in [3.8, 4) is 28.8 Å². The number of hydrogen-bond donors (Lipinski definition) is 3. The molecule has 2 aliphatic carbocycles. The van der Waals surface area contributed by atoms with Gasteiger partial charge in [-0.25, -0.2) is 14.4 Å². The van der Waals surface area contributed by atoms with Crippen LogP contribution in [0.25, 0.3) is 32.9 Å². The maximum absolute atomic E-state index is 16.3. The molecule has 12 heteroatoms. The van der Waals surface area contributed by atoms with Crippen LogP contribution < -0.4 is 10.1 Å². The number of methoxy groups -OCH3 is 1. The standard InChI is InChI=1S/C29H25Cl2FN4O.C6H7NO2.C5H9N/c1-15-19-14-22(23-8-4-12-36(23)29(37)16-9-10-16)35-27(19)20-13-17(5-3-11-33)24(26(32)28(20)34-15)18-6-2-7-21(30)25(18)31;1-9-6-3-2-5(8)4-7-6;1-4-2-5(1)6-3-4/h2,6-7,13-14,16,23,35H,3-5,8-10,12H2,1H3;2-4,8H,1H3;4-6H,1-3H2. The summed E-state index contributed by atoms with van der Waals surface area (Å²) in [4.78, 5) is 26.9. The van der Waals surface area contributed by atoms with Crippen LogP contribution in [0.3, 0.4) is 0 Å². The molecule has 5 fully saturated rings. The average Bonchev–Trinajstić information content (AvgIpc) is 3.53. The highest BCUT2D eigenvalue weighted by atomic mass is 35.5. The minimum atomic E-state index is -0.484. The van der Waals surface area contributed by atoms with E-state index in [2.05, 4.69) is 32.4 Å². The van der Waals surface area contributed by atoms with E-state index in [0.717, 1.165) is 60.8 Å². The van der Waals surface area contributed by atoms with Crippen LogP contribution in [0.2, 0.25) is 10.0 Å². The van der Waals surface area contributed by atoms with E-state index in [-0.39, 0.29) is 40.6 Å². The van der Waals surface area contributed by atoms with Gasteiger partial charge in [0.25, 0.3) is 0 Å². The summed E-state index contributed by atoms with van der Waals surface area (Å²) in [7, 11) is 1.53. The lowest BCUT2D eigenvalue weighted by molar-refractivity contribution is -0.133. The number of nitrogens with one attached hydrogen (secondary N) is 2. The normalized spacial score (nSPS) is 20.1. The molecular weight excluding hydrogens is 702 g/mol. The molecule has 9 nitrogen and oxygen atoms in total. The molecule has 3 N–H and O–H groups in total. The first-order valence-corrected chi connectivity index (χ1v) is 18.6. The second-order valence-corrected chi connectivity index (χ2v) is 14.8. The fourth-order valence-electron chi connectivity index (χ4n) is 7.56. The topological polar surface area (TPSA) is 127 Å². The fraction of sp³-hybridized carbons (Fsp3) is 0.400. The highest BCUT2D eigenvalue weighted by molar-refractivity contribution is 6.43. The van der Waals surface area contributed by atoms with Crippen LogP contribution in [0.5, 0.6) is 11.6 Å². The van der Waals surface area contributed by atoms with Crippen molar-refractivity contribution in [1.82, 2.24) is 25.2 Å². The first-order chi connectivity index (χ1) is 25.2. The van der Waals surface area contributed by atoms with Crippen LogP contribution >= 0.6 is 23.2 Å². The lowest BCUT2D eigenvalue weighted by Crippen LogP contribution is -2.31. The Hall–Kier alpha value is -4.43. The quantitative estimate of drug-likeness (QED) is 0.159. The number of aromatic amines is 1. The van der Waals surface area contributed by atoms with E-state index in [9.17, 15) is 10.1 Å². The van der Waals surface area contributed by atoms with Crippen molar-refractivity contribution in [2.24, 2.45) is 11.8 Å². The average molecular weight is 744 g/mol. The molecule has 3 aromatic heterocycles. The third-order valence-electron chi connectivity index (χ3n) is 10.5. The Balaban J connectivity index is 0.000000229. The molecule has 52 heavy (non-hydrogen) atoms. The van der Waals surface area contributed by atoms with Crippen LogP contribution in [0.4, 0.5) is 4.39 Å². The number of rotatable bonds is 6. The number of benzene rings is 2. The van der Waals surface area contributed by atoms with E-state index in [1.54, 1.807) is 24.3 Å². The van der Waals surface area contributed by atoms with E-state index >= 15 is 4.39 Å². The summed E-state index contributed by atoms with van der Waals surface area (Å²) in [5, 5.41) is 23.6. The van der Waals surface area contributed by atoms with Gasteiger partial charge in [0.05, 0.1) is 41.0 Å². The molecule has 2 aromatic carbocycles. The Morgan fingerprint density at radius 1 is 1.15 bits per heavy atom. The Labute approximate surface area is 312 Å². The first kappa shape index (κ1) is 36.0. The maximum Gasteiger partial charge on any atom is 0.226 e. The van der Waals surface area contributed by atoms with Crippen molar-refractivity contribution < 1.29 is 19.0 Å². The minimum absolute atomic E-state index is 0.0117. The van der Waals surface area contributed by atoms with Gasteiger partial charge in [-0.05, 0) is 94.2 Å². The number of aromatic nitrogens is 3. The van der Waals surface area contributed by atoms with Gasteiger partial charge in [-0.2, -0.15) is 5.26 Å². The molecule has 2 bridgehead atoms. The molecule has 3 saturated heterocycles. The fourth-order valence-corrected chi connectivity index (χ4v) is 7.96. The van der Waals surface area contributed by atoms with Crippen molar-refractivity contribution in [2.75, 3.05) is 20.2 Å². The van der Waals surface area contributed by atoms with Crippen molar-refractivity contribution in [3.63, 3.8) is 0 Å². The number of nitrogens with zero attached hydrogens (tertiary/aromatic N) is 4. The van der Waals surface area contributed by atoms with Crippen molar-refractivity contribution in [3.05, 3.63) is 81.5 Å². The second kappa shape index (κ2) is 15.3. The molecular formula is C40H41Cl2FN6O3. The Morgan fingerprint density at radius 2 is 1.96 bits per heavy atom. The summed E-state index contributed by atoms with van der Waals surface area (Å²) < 4.78 is 21.1. The van der Waals surface area contributed by atoms with Gasteiger partial charge in [-0.3, -0.25) is 4.79 Å². The zero-order chi connectivity index (χ0) is 36.5. The largest absolute Gasteiger partial charge is 0.506 e. The molecule has 2 saturated carbocycles. The number of H-pyrrole nitrogens is 1. The van der Waals surface area contributed by atoms with Crippen LogP contribution in [-0.2, 0) is 11.2 Å². The molecule has 5 aliphatic rings. The van der Waals surface area contributed by atoms with Gasteiger partial charge < -0.3 is 25.0 Å². The third-order valence-corrected chi connectivity index (χ3v) is 11.3. The summed E-state index contributed by atoms with van der Waals surface area (Å²) in [6.45, 7) is 3.95. The second-order valence-electron chi connectivity index (χ2n) is 14.1. The first-order valence-electron chi connectivity index (χ1n) is 17.8. The van der Waals surface area contributed by atoms with Gasteiger partial charge >= 0.3 is 0 Å². The molecule has 1 unspecified atom stereocenters. The van der Waals surface area contributed by atoms with E-state index in [4.69, 9.17) is 33.0 Å². The number of aryl methyl sites for hydroxylation is 2. The molecule has 10 rings (SSSR count). The van der Waals surface area contributed by atoms with E-state index < -0.39 is 5.82 Å². The lowest BCUT2D eigenvalue weighted by Gasteiger charge is -2.24. The van der Waals surface area contributed by atoms with E-state index in [1.807, 2.05) is 17.9 Å². The highest BCUT2D eigenvalue weighted by Gasteiger charge is 2.39. The number of carbonyl (C=O) groups is 1. The van der Waals surface area contributed by atoms with Crippen LogP contribution in [0, 0.1) is 35.9 Å². The summed E-state index contributed by atoms with van der Waals surface area (Å²) in [6.07, 6.45) is 8.69. The number of hydrogen-bond acceptors (Lipinski definition) is 7. The molecule has 3 aliphatic heterocycles. The number of ether oxygens (including phenoxy) is 1. The monoisotopic (exact) mass is 742 g/mol. The molecule has 5 aromatic rings. The van der Waals surface area contributed by atoms with E-state index in [0.29, 0.717) is 45.1 Å². The molecule has 0 spiro atoms. The van der Waals surface area contributed by atoms with Crippen LogP contribution in [-0.4, -0.2) is 57.1 Å². The lowest BCUT2D eigenvalue weighted by atomic mass is 9.87. The van der Waals surface area contributed by atoms with Gasteiger partial charge in [-0.15, -0.1) is 0 Å². The third kappa shape index (κ3) is 7.27. The van der Waals surface area contributed by atoms with Gasteiger partial charge in [0, 0.05) is 64.3 Å². The van der Waals surface area contributed by atoms with Gasteiger partial charge in [0.2, 0.25) is 11.8 Å². The Morgan fingerprint density at radius 3 is 2.60 bits per heavy atom. The number of pyridine rings is 2. The summed E-state index contributed by atoms with van der Waals surface area (Å²) in [5.41, 5.74) is 4.17. The number of nitriles is 1. The van der Waals surface area contributed by atoms with E-state index in [1.165, 1.54) is 38.8 Å². The Bertz CT molecular complexity index is 2140. The van der Waals surface area contributed by atoms with Crippen molar-refractivity contribution in [1.29, 1.82) is 5.26 Å². The smallest absolute Gasteiger partial charge is 0.226 e. The highest BCUT2D eigenvalue weighted by Crippen LogP contribution is 2.43. The number of amides is 1. The van der Waals surface area contributed by atoms with Crippen LogP contribution in [0.15, 0.2) is 48.7 Å². The van der Waals surface area contributed by atoms with Gasteiger partial charge in [-0.1, -0.05) is 35.3 Å². The van der Waals surface area contributed by atoms with Gasteiger partial charge in [0.15, 0.2) is 5.82 Å². The maximum atomic E-state index is 16.3.